The van der Waals surface area contributed by atoms with Crippen LogP contribution in [0.4, 0.5) is 0 Å². The van der Waals surface area contributed by atoms with Crippen molar-refractivity contribution in [3.05, 3.63) is 0 Å². The van der Waals surface area contributed by atoms with Crippen molar-refractivity contribution in [3.8, 4) is 0 Å². The minimum Gasteiger partial charge on any atom is -0.481 e. The van der Waals surface area contributed by atoms with Crippen molar-refractivity contribution < 1.29 is 18.3 Å². The molecule has 0 aromatic rings. The molecule has 0 aromatic heterocycles. The van der Waals surface area contributed by atoms with Crippen LogP contribution in [0.2, 0.25) is 0 Å². The molecule has 0 bridgehead atoms. The maximum Gasteiger partial charge on any atom is 0.304 e. The van der Waals surface area contributed by atoms with Gasteiger partial charge in [0.15, 0.2) is 0 Å². The average Bonchev–Trinajstić information content (AvgIpc) is 2.38. The Balaban J connectivity index is 2.81. The Bertz CT molecular complexity index is 352. The molecule has 0 aliphatic carbocycles. The Morgan fingerprint density at radius 1 is 1.56 bits per heavy atom. The van der Waals surface area contributed by atoms with Crippen LogP contribution >= 0.6 is 0 Å². The lowest BCUT2D eigenvalue weighted by Crippen LogP contribution is -2.38. The van der Waals surface area contributed by atoms with Gasteiger partial charge in [0.25, 0.3) is 0 Å². The number of hydrogen-bond acceptors (Lipinski definition) is 3. The molecule has 0 amide bonds. The van der Waals surface area contributed by atoms with Crippen LogP contribution in [0.1, 0.15) is 33.1 Å². The fourth-order valence-corrected chi connectivity index (χ4v) is 4.32. The molecule has 1 fully saturated rings. The highest BCUT2D eigenvalue weighted by atomic mass is 32.2. The lowest BCUT2D eigenvalue weighted by Gasteiger charge is -2.24. The molecule has 1 saturated heterocycles. The van der Waals surface area contributed by atoms with E-state index in [1.165, 1.54) is 4.31 Å². The number of aliphatic carboxylic acids is 1. The summed E-state index contributed by atoms with van der Waals surface area (Å²) in [5.41, 5.74) is 0. The van der Waals surface area contributed by atoms with E-state index < -0.39 is 16.0 Å². The molecular weight excluding hydrogens is 230 g/mol. The van der Waals surface area contributed by atoms with Gasteiger partial charge in [-0.05, 0) is 12.3 Å². The number of sulfonamides is 1. The molecule has 6 heteroatoms. The molecule has 0 spiro atoms. The van der Waals surface area contributed by atoms with E-state index in [0.717, 1.165) is 6.42 Å². The Morgan fingerprint density at radius 3 is 2.56 bits per heavy atom. The summed E-state index contributed by atoms with van der Waals surface area (Å²) in [5.74, 6) is -0.696. The van der Waals surface area contributed by atoms with E-state index >= 15 is 0 Å². The van der Waals surface area contributed by atoms with Gasteiger partial charge in [0.1, 0.15) is 0 Å². The molecule has 1 aliphatic rings. The van der Waals surface area contributed by atoms with E-state index in [0.29, 0.717) is 13.0 Å². The van der Waals surface area contributed by atoms with Crippen molar-refractivity contribution >= 4 is 16.0 Å². The number of carbonyl (C=O) groups is 1. The molecule has 5 nitrogen and oxygen atoms in total. The van der Waals surface area contributed by atoms with Crippen LogP contribution in [-0.2, 0) is 14.8 Å². The highest BCUT2D eigenvalue weighted by molar-refractivity contribution is 7.89. The van der Waals surface area contributed by atoms with Crippen LogP contribution in [0.15, 0.2) is 0 Å². The monoisotopic (exact) mass is 249 g/mol. The van der Waals surface area contributed by atoms with E-state index in [1.807, 2.05) is 13.8 Å². The van der Waals surface area contributed by atoms with Gasteiger partial charge in [-0.25, -0.2) is 8.42 Å². The maximum atomic E-state index is 11.8. The summed E-state index contributed by atoms with van der Waals surface area (Å²) < 4.78 is 25.0. The highest BCUT2D eigenvalue weighted by Crippen LogP contribution is 2.25. The number of rotatable bonds is 5. The zero-order chi connectivity index (χ0) is 12.3. The first-order valence-corrected chi connectivity index (χ1v) is 7.19. The summed E-state index contributed by atoms with van der Waals surface area (Å²) in [6.07, 6.45) is 1.30. The van der Waals surface area contributed by atoms with E-state index in [2.05, 4.69) is 0 Å². The SMILES string of the molecule is CCCC(CC(=O)O)N1CC(C)CS1(=O)=O. The second kappa shape index (κ2) is 5.14. The Kier molecular flexibility index (Phi) is 4.32. The van der Waals surface area contributed by atoms with E-state index in [9.17, 15) is 13.2 Å². The third-order valence-corrected chi connectivity index (χ3v) is 4.94. The van der Waals surface area contributed by atoms with E-state index in [4.69, 9.17) is 5.11 Å². The fraction of sp³-hybridized carbons (Fsp3) is 0.900. The van der Waals surface area contributed by atoms with Crippen LogP contribution in [0.25, 0.3) is 0 Å². The lowest BCUT2D eigenvalue weighted by atomic mass is 10.1. The fourth-order valence-electron chi connectivity index (χ4n) is 2.19. The summed E-state index contributed by atoms with van der Waals surface area (Å²) in [5, 5.41) is 8.79. The zero-order valence-corrected chi connectivity index (χ0v) is 10.5. The first kappa shape index (κ1) is 13.4. The van der Waals surface area contributed by atoms with Gasteiger partial charge in [-0.15, -0.1) is 0 Å². The third-order valence-electron chi connectivity index (χ3n) is 2.78. The summed E-state index contributed by atoms with van der Waals surface area (Å²) in [7, 11) is -3.23. The van der Waals surface area contributed by atoms with Crippen LogP contribution in [0.3, 0.4) is 0 Å². The predicted octanol–water partition coefficient (Wildman–Crippen LogP) is 0.911. The van der Waals surface area contributed by atoms with Crippen LogP contribution in [0.5, 0.6) is 0 Å². The molecule has 1 heterocycles. The molecule has 16 heavy (non-hydrogen) atoms. The molecule has 0 aromatic carbocycles. The van der Waals surface area contributed by atoms with E-state index in [1.54, 1.807) is 0 Å². The smallest absolute Gasteiger partial charge is 0.304 e. The minimum absolute atomic E-state index is 0.0955. The Hall–Kier alpha value is -0.620. The van der Waals surface area contributed by atoms with Gasteiger partial charge in [0, 0.05) is 12.6 Å². The molecule has 1 aliphatic heterocycles. The first-order valence-electron chi connectivity index (χ1n) is 5.58. The van der Waals surface area contributed by atoms with Crippen LogP contribution in [-0.4, -0.2) is 42.1 Å². The standard InChI is InChI=1S/C10H19NO4S/c1-3-4-9(5-10(12)13)11-6-8(2)7-16(11,14)15/h8-9H,3-7H2,1-2H3,(H,12,13). The number of carboxylic acid groups (broad SMARTS) is 1. The number of carboxylic acids is 1. The minimum atomic E-state index is -3.23. The number of hydrogen-bond donors (Lipinski definition) is 1. The zero-order valence-electron chi connectivity index (χ0n) is 9.72. The van der Waals surface area contributed by atoms with Crippen LogP contribution in [0, 0.1) is 5.92 Å². The van der Waals surface area contributed by atoms with Crippen molar-refractivity contribution in [2.24, 2.45) is 5.92 Å². The quantitative estimate of drug-likeness (QED) is 0.786. The topological polar surface area (TPSA) is 74.7 Å². The average molecular weight is 249 g/mol. The van der Waals surface area contributed by atoms with Crippen LogP contribution < -0.4 is 0 Å². The Labute approximate surface area is 96.5 Å². The van der Waals surface area contributed by atoms with E-state index in [-0.39, 0.29) is 24.1 Å². The first-order chi connectivity index (χ1) is 7.36. The van der Waals surface area contributed by atoms with Gasteiger partial charge in [-0.2, -0.15) is 4.31 Å². The maximum absolute atomic E-state index is 11.8. The Morgan fingerprint density at radius 2 is 2.19 bits per heavy atom. The van der Waals surface area contributed by atoms with Crippen molar-refractivity contribution in [3.63, 3.8) is 0 Å². The predicted molar refractivity (Wildman–Crippen MR) is 60.6 cm³/mol. The molecule has 2 unspecified atom stereocenters. The molecule has 0 radical (unpaired) electrons. The summed E-state index contributed by atoms with van der Waals surface area (Å²) in [6, 6.07) is -0.377. The normalized spacial score (nSPS) is 26.8. The molecule has 1 rings (SSSR count). The molecule has 1 N–H and O–H groups in total. The largest absolute Gasteiger partial charge is 0.481 e. The highest BCUT2D eigenvalue weighted by Gasteiger charge is 2.38. The van der Waals surface area contributed by atoms with Gasteiger partial charge in [0.05, 0.1) is 12.2 Å². The third kappa shape index (κ3) is 3.18. The van der Waals surface area contributed by atoms with Crippen molar-refractivity contribution in [2.75, 3.05) is 12.3 Å². The van der Waals surface area contributed by atoms with Crippen molar-refractivity contribution in [1.29, 1.82) is 0 Å². The van der Waals surface area contributed by atoms with Gasteiger partial charge < -0.3 is 5.11 Å². The van der Waals surface area contributed by atoms with Gasteiger partial charge in [-0.1, -0.05) is 20.3 Å². The van der Waals surface area contributed by atoms with Gasteiger partial charge >= 0.3 is 5.97 Å². The van der Waals surface area contributed by atoms with Crippen molar-refractivity contribution in [2.45, 2.75) is 39.2 Å². The molecule has 2 atom stereocenters. The van der Waals surface area contributed by atoms with Gasteiger partial charge in [-0.3, -0.25) is 4.79 Å². The molecule has 0 saturated carbocycles. The molecular formula is C10H19NO4S. The summed E-state index contributed by atoms with van der Waals surface area (Å²) in [4.78, 5) is 10.7. The van der Waals surface area contributed by atoms with Crippen molar-refractivity contribution in [1.82, 2.24) is 4.31 Å². The summed E-state index contributed by atoms with van der Waals surface area (Å²) >= 11 is 0. The number of nitrogens with zero attached hydrogens (tertiary/aromatic N) is 1. The second-order valence-electron chi connectivity index (χ2n) is 4.49. The van der Waals surface area contributed by atoms with Gasteiger partial charge in [0.2, 0.25) is 10.0 Å². The summed E-state index contributed by atoms with van der Waals surface area (Å²) in [6.45, 7) is 4.27. The molecule has 94 valence electrons. The second-order valence-corrected chi connectivity index (χ2v) is 6.46. The lowest BCUT2D eigenvalue weighted by molar-refractivity contribution is -0.138.